The highest BCUT2D eigenvalue weighted by molar-refractivity contribution is 5.68. The van der Waals surface area contributed by atoms with Crippen molar-refractivity contribution in [2.24, 2.45) is 0 Å². The molecule has 23 heavy (non-hydrogen) atoms. The molecular weight excluding hydrogens is 292 g/mol. The van der Waals surface area contributed by atoms with Gasteiger partial charge in [0, 0.05) is 26.2 Å². The maximum Gasteiger partial charge on any atom is 0.410 e. The molecule has 2 fully saturated rings. The van der Waals surface area contributed by atoms with Crippen LogP contribution in [0.1, 0.15) is 59.8 Å². The topological polar surface area (TPSA) is 42.0 Å². The van der Waals surface area contributed by atoms with Crippen molar-refractivity contribution in [3.63, 3.8) is 0 Å². The molecule has 0 spiro atoms. The molecule has 0 aliphatic carbocycles. The average molecular weight is 326 g/mol. The lowest BCUT2D eigenvalue weighted by Crippen LogP contribution is -2.48. The standard InChI is InChI=1S/C18H34N2O3/c1-17(2,3)23-16(21)20-13-8-18(4,9-14-20)22-15-7-12-19-10-5-6-11-19/h5-15H2,1-4H3. The second-order valence-electron chi connectivity index (χ2n) is 8.17. The van der Waals surface area contributed by atoms with Gasteiger partial charge in [0.1, 0.15) is 5.60 Å². The molecule has 134 valence electrons. The Balaban J connectivity index is 1.64. The Kier molecular flexibility index (Phi) is 6.32. The summed E-state index contributed by atoms with van der Waals surface area (Å²) in [5, 5.41) is 0. The third-order valence-corrected chi connectivity index (χ3v) is 4.74. The fourth-order valence-electron chi connectivity index (χ4n) is 3.25. The van der Waals surface area contributed by atoms with E-state index in [4.69, 9.17) is 9.47 Å². The van der Waals surface area contributed by atoms with E-state index in [1.54, 1.807) is 4.90 Å². The maximum atomic E-state index is 12.1. The summed E-state index contributed by atoms with van der Waals surface area (Å²) in [5.41, 5.74) is -0.520. The number of hydrogen-bond donors (Lipinski definition) is 0. The summed E-state index contributed by atoms with van der Waals surface area (Å²) in [5.74, 6) is 0. The number of carbonyl (C=O) groups excluding carboxylic acids is 1. The summed E-state index contributed by atoms with van der Waals surface area (Å²) in [6, 6.07) is 0. The summed E-state index contributed by atoms with van der Waals surface area (Å²) in [7, 11) is 0. The van der Waals surface area contributed by atoms with E-state index >= 15 is 0 Å². The molecule has 0 aromatic carbocycles. The number of carbonyl (C=O) groups is 1. The van der Waals surface area contributed by atoms with Crippen molar-refractivity contribution in [1.29, 1.82) is 0 Å². The van der Waals surface area contributed by atoms with Crippen molar-refractivity contribution >= 4 is 6.09 Å². The minimum absolute atomic E-state index is 0.0937. The van der Waals surface area contributed by atoms with Gasteiger partial charge < -0.3 is 19.3 Å². The maximum absolute atomic E-state index is 12.1. The van der Waals surface area contributed by atoms with Gasteiger partial charge in [-0.2, -0.15) is 0 Å². The van der Waals surface area contributed by atoms with E-state index in [1.165, 1.54) is 25.9 Å². The fraction of sp³-hybridized carbons (Fsp3) is 0.944. The Morgan fingerprint density at radius 2 is 1.70 bits per heavy atom. The minimum Gasteiger partial charge on any atom is -0.444 e. The van der Waals surface area contributed by atoms with E-state index in [-0.39, 0.29) is 11.7 Å². The van der Waals surface area contributed by atoms with Crippen molar-refractivity contribution in [3.05, 3.63) is 0 Å². The summed E-state index contributed by atoms with van der Waals surface area (Å²) >= 11 is 0. The number of likely N-dealkylation sites (tertiary alicyclic amines) is 2. The zero-order chi connectivity index (χ0) is 16.9. The van der Waals surface area contributed by atoms with Gasteiger partial charge in [-0.1, -0.05) is 0 Å². The number of ether oxygens (including phenoxy) is 2. The van der Waals surface area contributed by atoms with Gasteiger partial charge in [-0.25, -0.2) is 4.79 Å². The highest BCUT2D eigenvalue weighted by atomic mass is 16.6. The molecule has 5 nitrogen and oxygen atoms in total. The lowest BCUT2D eigenvalue weighted by atomic mass is 9.93. The molecule has 2 rings (SSSR count). The van der Waals surface area contributed by atoms with Crippen molar-refractivity contribution in [3.8, 4) is 0 Å². The van der Waals surface area contributed by atoms with Crippen LogP contribution >= 0.6 is 0 Å². The molecular formula is C18H34N2O3. The number of piperidine rings is 1. The van der Waals surface area contributed by atoms with Gasteiger partial charge in [-0.15, -0.1) is 0 Å². The lowest BCUT2D eigenvalue weighted by Gasteiger charge is -2.39. The number of amides is 1. The zero-order valence-electron chi connectivity index (χ0n) is 15.4. The largest absolute Gasteiger partial charge is 0.444 e. The van der Waals surface area contributed by atoms with Crippen LogP contribution in [0, 0.1) is 0 Å². The van der Waals surface area contributed by atoms with Crippen LogP contribution in [0.25, 0.3) is 0 Å². The number of nitrogens with zero attached hydrogens (tertiary/aromatic N) is 2. The monoisotopic (exact) mass is 326 g/mol. The second kappa shape index (κ2) is 7.84. The molecule has 0 N–H and O–H groups in total. The molecule has 2 heterocycles. The van der Waals surface area contributed by atoms with Gasteiger partial charge in [-0.3, -0.25) is 0 Å². The third kappa shape index (κ3) is 6.30. The van der Waals surface area contributed by atoms with Gasteiger partial charge in [-0.05, 0) is 72.9 Å². The Morgan fingerprint density at radius 3 is 2.26 bits per heavy atom. The van der Waals surface area contributed by atoms with E-state index in [2.05, 4.69) is 11.8 Å². The van der Waals surface area contributed by atoms with Crippen LogP contribution in [0.5, 0.6) is 0 Å². The molecule has 0 aromatic heterocycles. The van der Waals surface area contributed by atoms with Crippen LogP contribution < -0.4 is 0 Å². The van der Waals surface area contributed by atoms with Crippen LogP contribution in [-0.4, -0.2) is 66.4 Å². The van der Waals surface area contributed by atoms with Crippen molar-refractivity contribution in [2.75, 3.05) is 39.3 Å². The molecule has 0 unspecified atom stereocenters. The first-order valence-electron chi connectivity index (χ1n) is 9.12. The Bertz CT molecular complexity index is 378. The Morgan fingerprint density at radius 1 is 1.09 bits per heavy atom. The molecule has 2 saturated heterocycles. The SMILES string of the molecule is CC(C)(C)OC(=O)N1CCC(C)(OCCCN2CCCC2)CC1. The van der Waals surface area contributed by atoms with E-state index in [1.807, 2.05) is 20.8 Å². The van der Waals surface area contributed by atoms with Crippen LogP contribution in [0.15, 0.2) is 0 Å². The van der Waals surface area contributed by atoms with Crippen molar-refractivity contribution < 1.29 is 14.3 Å². The molecule has 1 amide bonds. The van der Waals surface area contributed by atoms with Crippen LogP contribution in [0.4, 0.5) is 4.79 Å². The Hall–Kier alpha value is -0.810. The van der Waals surface area contributed by atoms with Gasteiger partial charge in [0.15, 0.2) is 0 Å². The van der Waals surface area contributed by atoms with Crippen molar-refractivity contribution in [2.45, 2.75) is 71.0 Å². The molecule has 0 bridgehead atoms. The second-order valence-corrected chi connectivity index (χ2v) is 8.17. The summed E-state index contributed by atoms with van der Waals surface area (Å²) in [6.07, 6.45) is 5.36. The van der Waals surface area contributed by atoms with Gasteiger partial charge >= 0.3 is 6.09 Å². The van der Waals surface area contributed by atoms with Gasteiger partial charge in [0.25, 0.3) is 0 Å². The highest BCUT2D eigenvalue weighted by Gasteiger charge is 2.34. The minimum atomic E-state index is -0.427. The predicted octanol–water partition coefficient (Wildman–Crippen LogP) is 3.28. The van der Waals surface area contributed by atoms with Gasteiger partial charge in [0.05, 0.1) is 5.60 Å². The van der Waals surface area contributed by atoms with E-state index in [9.17, 15) is 4.79 Å². The first-order valence-corrected chi connectivity index (χ1v) is 9.12. The average Bonchev–Trinajstić information content (AvgIpc) is 2.96. The summed E-state index contributed by atoms with van der Waals surface area (Å²) < 4.78 is 11.6. The van der Waals surface area contributed by atoms with Crippen LogP contribution in [0.3, 0.4) is 0 Å². The summed E-state index contributed by atoms with van der Waals surface area (Å²) in [6.45, 7) is 13.8. The molecule has 2 aliphatic heterocycles. The first-order chi connectivity index (χ1) is 10.8. The third-order valence-electron chi connectivity index (χ3n) is 4.74. The van der Waals surface area contributed by atoms with Crippen LogP contribution in [-0.2, 0) is 9.47 Å². The quantitative estimate of drug-likeness (QED) is 0.727. The van der Waals surface area contributed by atoms with E-state index < -0.39 is 5.60 Å². The summed E-state index contributed by atoms with van der Waals surface area (Å²) in [4.78, 5) is 16.4. The number of rotatable bonds is 5. The fourth-order valence-corrected chi connectivity index (χ4v) is 3.25. The molecule has 0 radical (unpaired) electrons. The highest BCUT2D eigenvalue weighted by Crippen LogP contribution is 2.27. The van der Waals surface area contributed by atoms with Crippen molar-refractivity contribution in [1.82, 2.24) is 9.80 Å². The Labute approximate surface area is 141 Å². The molecule has 2 aliphatic rings. The first kappa shape index (κ1) is 18.5. The van der Waals surface area contributed by atoms with Gasteiger partial charge in [0.2, 0.25) is 0 Å². The predicted molar refractivity (Wildman–Crippen MR) is 91.7 cm³/mol. The van der Waals surface area contributed by atoms with E-state index in [0.717, 1.165) is 45.5 Å². The number of hydrogen-bond acceptors (Lipinski definition) is 4. The smallest absolute Gasteiger partial charge is 0.410 e. The molecule has 0 atom stereocenters. The molecule has 0 saturated carbocycles. The van der Waals surface area contributed by atoms with E-state index in [0.29, 0.717) is 0 Å². The zero-order valence-corrected chi connectivity index (χ0v) is 15.4. The lowest BCUT2D eigenvalue weighted by molar-refractivity contribution is -0.0740. The molecule has 0 aromatic rings. The van der Waals surface area contributed by atoms with Crippen LogP contribution in [0.2, 0.25) is 0 Å². The normalized spacial score (nSPS) is 22.3. The molecule has 5 heteroatoms.